The molecule has 0 spiro atoms. The molecule has 0 amide bonds. The van der Waals surface area contributed by atoms with E-state index in [-0.39, 0.29) is 22.8 Å². The van der Waals surface area contributed by atoms with E-state index in [0.717, 1.165) is 6.07 Å². The molecule has 0 saturated carbocycles. The van der Waals surface area contributed by atoms with E-state index in [1.54, 1.807) is 24.3 Å². The monoisotopic (exact) mass is 306 g/mol. The van der Waals surface area contributed by atoms with E-state index in [4.69, 9.17) is 26.5 Å². The Morgan fingerprint density at radius 3 is 2.57 bits per heavy atom. The Bertz CT molecular complexity index is 776. The highest BCUT2D eigenvalue weighted by Crippen LogP contribution is 2.26. The number of aromatic nitrogens is 3. The number of ether oxygens (including phenoxy) is 1. The summed E-state index contributed by atoms with van der Waals surface area (Å²) in [4.78, 5) is 3.77. The summed E-state index contributed by atoms with van der Waals surface area (Å²) in [5.41, 5.74) is 6.01. The smallest absolute Gasteiger partial charge is 0.313 e. The lowest BCUT2D eigenvalue weighted by Crippen LogP contribution is -1.91. The van der Waals surface area contributed by atoms with Crippen molar-refractivity contribution in [3.63, 3.8) is 0 Å². The number of pyridine rings is 1. The van der Waals surface area contributed by atoms with Gasteiger partial charge in [-0.05, 0) is 30.3 Å². The van der Waals surface area contributed by atoms with Crippen molar-refractivity contribution in [2.24, 2.45) is 0 Å². The summed E-state index contributed by atoms with van der Waals surface area (Å²) in [5, 5.41) is 7.51. The Morgan fingerprint density at radius 2 is 1.95 bits per heavy atom. The van der Waals surface area contributed by atoms with Gasteiger partial charge in [0, 0.05) is 11.8 Å². The number of anilines is 1. The van der Waals surface area contributed by atoms with Crippen LogP contribution in [0.15, 0.2) is 40.9 Å². The first-order chi connectivity index (χ1) is 10.1. The van der Waals surface area contributed by atoms with Crippen LogP contribution in [0.4, 0.5) is 10.4 Å². The molecule has 8 heteroatoms. The number of benzene rings is 1. The number of halogens is 2. The Morgan fingerprint density at radius 1 is 1.19 bits per heavy atom. The maximum absolute atomic E-state index is 13.6. The van der Waals surface area contributed by atoms with E-state index in [9.17, 15) is 4.39 Å². The van der Waals surface area contributed by atoms with Crippen LogP contribution >= 0.6 is 11.6 Å². The van der Waals surface area contributed by atoms with Gasteiger partial charge in [-0.1, -0.05) is 16.7 Å². The molecule has 0 atom stereocenters. The Kier molecular flexibility index (Phi) is 3.41. The van der Waals surface area contributed by atoms with Crippen LogP contribution in [0.25, 0.3) is 11.5 Å². The van der Waals surface area contributed by atoms with Crippen molar-refractivity contribution in [1.82, 2.24) is 15.2 Å². The maximum atomic E-state index is 13.6. The first-order valence-electron chi connectivity index (χ1n) is 5.80. The average Bonchev–Trinajstić information content (AvgIpc) is 2.89. The van der Waals surface area contributed by atoms with Crippen molar-refractivity contribution in [2.75, 3.05) is 5.73 Å². The van der Waals surface area contributed by atoms with Gasteiger partial charge in [0.15, 0.2) is 5.82 Å². The Labute approximate surface area is 123 Å². The number of nitrogen functional groups attached to an aromatic ring is 1. The van der Waals surface area contributed by atoms with Gasteiger partial charge in [0.2, 0.25) is 5.89 Å². The molecule has 0 aliphatic carbocycles. The van der Waals surface area contributed by atoms with E-state index < -0.39 is 5.82 Å². The highest BCUT2D eigenvalue weighted by atomic mass is 35.5. The predicted octanol–water partition coefficient (Wildman–Crippen LogP) is 3.30. The molecule has 3 aromatic rings. The van der Waals surface area contributed by atoms with Gasteiger partial charge >= 0.3 is 6.01 Å². The van der Waals surface area contributed by atoms with Gasteiger partial charge in [0.05, 0.1) is 5.02 Å². The molecule has 0 fully saturated rings. The normalized spacial score (nSPS) is 10.6. The molecule has 6 nitrogen and oxygen atoms in total. The molecule has 3 rings (SSSR count). The van der Waals surface area contributed by atoms with Crippen molar-refractivity contribution in [3.05, 3.63) is 47.4 Å². The molecule has 2 heterocycles. The fourth-order valence-corrected chi connectivity index (χ4v) is 1.75. The van der Waals surface area contributed by atoms with Crippen LogP contribution in [-0.2, 0) is 0 Å². The number of nitrogens with zero attached hydrogens (tertiary/aromatic N) is 3. The summed E-state index contributed by atoms with van der Waals surface area (Å²) in [5.74, 6) is -0.111. The van der Waals surface area contributed by atoms with E-state index in [2.05, 4.69) is 15.2 Å². The van der Waals surface area contributed by atoms with E-state index in [1.807, 2.05) is 0 Å². The Balaban J connectivity index is 1.81. The molecule has 2 N–H and O–H groups in total. The molecule has 0 aliphatic heterocycles. The van der Waals surface area contributed by atoms with Crippen LogP contribution in [0.5, 0.6) is 11.6 Å². The van der Waals surface area contributed by atoms with Gasteiger partial charge in [-0.25, -0.2) is 9.37 Å². The molecule has 21 heavy (non-hydrogen) atoms. The minimum absolute atomic E-state index is 0.0160. The summed E-state index contributed by atoms with van der Waals surface area (Å²) in [7, 11) is 0. The number of hydrogen-bond donors (Lipinski definition) is 1. The third kappa shape index (κ3) is 2.92. The molecule has 106 valence electrons. The van der Waals surface area contributed by atoms with Crippen LogP contribution in [-0.4, -0.2) is 15.2 Å². The van der Waals surface area contributed by atoms with Gasteiger partial charge < -0.3 is 14.9 Å². The molecule has 1 aromatic carbocycles. The fourth-order valence-electron chi connectivity index (χ4n) is 1.61. The van der Waals surface area contributed by atoms with E-state index >= 15 is 0 Å². The van der Waals surface area contributed by atoms with Crippen LogP contribution in [0.3, 0.4) is 0 Å². The summed E-state index contributed by atoms with van der Waals surface area (Å²) >= 11 is 5.62. The summed E-state index contributed by atoms with van der Waals surface area (Å²) in [6.07, 6.45) is 1.30. The number of hydrogen-bond acceptors (Lipinski definition) is 6. The van der Waals surface area contributed by atoms with Crippen LogP contribution < -0.4 is 10.5 Å². The van der Waals surface area contributed by atoms with Gasteiger partial charge in [-0.2, -0.15) is 0 Å². The largest absolute Gasteiger partial charge is 0.436 e. The molecule has 0 unspecified atom stereocenters. The first-order valence-corrected chi connectivity index (χ1v) is 6.18. The van der Waals surface area contributed by atoms with Gasteiger partial charge in [0.25, 0.3) is 5.88 Å². The van der Waals surface area contributed by atoms with Crippen molar-refractivity contribution >= 4 is 17.6 Å². The highest BCUT2D eigenvalue weighted by Gasteiger charge is 2.09. The third-order valence-corrected chi connectivity index (χ3v) is 2.74. The van der Waals surface area contributed by atoms with E-state index in [0.29, 0.717) is 11.3 Å². The summed E-state index contributed by atoms with van der Waals surface area (Å²) < 4.78 is 24.0. The van der Waals surface area contributed by atoms with Crippen LogP contribution in [0, 0.1) is 5.82 Å². The first kappa shape index (κ1) is 13.3. The van der Waals surface area contributed by atoms with Crippen molar-refractivity contribution in [2.45, 2.75) is 0 Å². The van der Waals surface area contributed by atoms with Gasteiger partial charge in [0.1, 0.15) is 5.75 Å². The highest BCUT2D eigenvalue weighted by molar-refractivity contribution is 6.30. The molecule has 0 saturated heterocycles. The lowest BCUT2D eigenvalue weighted by atomic mass is 10.2. The second-order valence-electron chi connectivity index (χ2n) is 4.01. The quantitative estimate of drug-likeness (QED) is 0.799. The predicted molar refractivity (Wildman–Crippen MR) is 73.4 cm³/mol. The molecular weight excluding hydrogens is 299 g/mol. The molecule has 0 bridgehead atoms. The summed E-state index contributed by atoms with van der Waals surface area (Å²) in [6, 6.07) is 7.69. The van der Waals surface area contributed by atoms with Crippen molar-refractivity contribution < 1.29 is 13.5 Å². The lowest BCUT2D eigenvalue weighted by Gasteiger charge is -2.05. The SMILES string of the molecule is Nc1nnc(-c2ccc(Oc3ncc(Cl)cc3F)cc2)o1. The number of rotatable bonds is 3. The average molecular weight is 307 g/mol. The standard InChI is InChI=1S/C13H8ClFN4O2/c14-8-5-10(15)12(17-6-8)20-9-3-1-7(2-4-9)11-18-19-13(16)21-11/h1-6H,(H2,16,19). The molecule has 0 aliphatic rings. The van der Waals surface area contributed by atoms with Crippen LogP contribution in [0.2, 0.25) is 5.02 Å². The van der Waals surface area contributed by atoms with Gasteiger partial charge in [-0.15, -0.1) is 5.10 Å². The fraction of sp³-hybridized carbons (Fsp3) is 0. The second kappa shape index (κ2) is 5.37. The van der Waals surface area contributed by atoms with Crippen molar-refractivity contribution in [1.29, 1.82) is 0 Å². The topological polar surface area (TPSA) is 87.1 Å². The van der Waals surface area contributed by atoms with Gasteiger partial charge in [-0.3, -0.25) is 0 Å². The lowest BCUT2D eigenvalue weighted by molar-refractivity contribution is 0.423. The minimum Gasteiger partial charge on any atom is -0.436 e. The Hall–Kier alpha value is -2.67. The van der Waals surface area contributed by atoms with Crippen LogP contribution in [0.1, 0.15) is 0 Å². The summed E-state index contributed by atoms with van der Waals surface area (Å²) in [6.45, 7) is 0. The molecule has 0 radical (unpaired) electrons. The zero-order valence-corrected chi connectivity index (χ0v) is 11.2. The minimum atomic E-state index is -0.642. The number of nitrogens with two attached hydrogens (primary N) is 1. The second-order valence-corrected chi connectivity index (χ2v) is 4.45. The third-order valence-electron chi connectivity index (χ3n) is 2.53. The molecular formula is C13H8ClFN4O2. The molecule has 2 aromatic heterocycles. The zero-order chi connectivity index (χ0) is 14.8. The maximum Gasteiger partial charge on any atom is 0.313 e. The van der Waals surface area contributed by atoms with E-state index in [1.165, 1.54) is 6.20 Å². The van der Waals surface area contributed by atoms with Crippen molar-refractivity contribution in [3.8, 4) is 23.1 Å². The zero-order valence-electron chi connectivity index (χ0n) is 10.5.